The van der Waals surface area contributed by atoms with Crippen molar-refractivity contribution < 1.29 is 28.1 Å². The Morgan fingerprint density at radius 2 is 1.42 bits per heavy atom. The van der Waals surface area contributed by atoms with Gasteiger partial charge in [-0.15, -0.1) is 24.8 Å². The van der Waals surface area contributed by atoms with Crippen molar-refractivity contribution in [3.05, 3.63) is 76.6 Å². The molecule has 2 aromatic carbocycles. The van der Waals surface area contributed by atoms with Crippen LogP contribution in [0.5, 0.6) is 17.2 Å². The lowest BCUT2D eigenvalue weighted by Gasteiger charge is -2.29. The summed E-state index contributed by atoms with van der Waals surface area (Å²) in [6.07, 6.45) is 12.0. The highest BCUT2D eigenvalue weighted by molar-refractivity contribution is 5.85. The number of hydrogen-bond donors (Lipinski definition) is 2. The zero-order valence-corrected chi connectivity index (χ0v) is 29.2. The molecule has 0 bridgehead atoms. The molecule has 0 radical (unpaired) electrons. The summed E-state index contributed by atoms with van der Waals surface area (Å²) in [5, 5.41) is 7.10. The van der Waals surface area contributed by atoms with E-state index in [1.54, 1.807) is 27.4 Å². The molecule has 1 aliphatic carbocycles. The van der Waals surface area contributed by atoms with E-state index >= 15 is 0 Å². The van der Waals surface area contributed by atoms with Crippen LogP contribution in [0, 0.1) is 0 Å². The average Bonchev–Trinajstić information content (AvgIpc) is 3.04. The second-order valence-electron chi connectivity index (χ2n) is 10.9. The Morgan fingerprint density at radius 3 is 2.04 bits per heavy atom. The summed E-state index contributed by atoms with van der Waals surface area (Å²) < 4.78 is 41.8. The maximum atomic E-state index is 14.8. The van der Waals surface area contributed by atoms with Crippen molar-refractivity contribution in [1.82, 2.24) is 10.6 Å². The maximum Gasteiger partial charge on any atom is 0.270 e. The Balaban J connectivity index is 0.00000506. The molecule has 45 heavy (non-hydrogen) atoms. The van der Waals surface area contributed by atoms with E-state index in [1.807, 2.05) is 24.3 Å². The van der Waals surface area contributed by atoms with Gasteiger partial charge in [0, 0.05) is 19.1 Å². The van der Waals surface area contributed by atoms with Crippen molar-refractivity contribution in [1.29, 1.82) is 0 Å². The molecule has 1 atom stereocenters. The van der Waals surface area contributed by atoms with Gasteiger partial charge in [0.25, 0.3) is 5.85 Å². The van der Waals surface area contributed by atoms with Crippen molar-refractivity contribution in [2.75, 3.05) is 61.7 Å². The summed E-state index contributed by atoms with van der Waals surface area (Å²) in [6.45, 7) is 3.74. The minimum atomic E-state index is -1.85. The van der Waals surface area contributed by atoms with Crippen LogP contribution in [0.25, 0.3) is 0 Å². The third kappa shape index (κ3) is 12.7. The molecule has 0 saturated carbocycles. The molecule has 0 saturated heterocycles. The summed E-state index contributed by atoms with van der Waals surface area (Å²) in [7, 11) is 7.95. The van der Waals surface area contributed by atoms with Gasteiger partial charge in [0.05, 0.1) is 28.4 Å². The summed E-state index contributed by atoms with van der Waals surface area (Å²) in [5.74, 6) is 0.850. The van der Waals surface area contributed by atoms with Crippen LogP contribution in [0.2, 0.25) is 0 Å². The molecule has 0 spiro atoms. The van der Waals surface area contributed by atoms with Crippen molar-refractivity contribution in [2.24, 2.45) is 0 Å². The van der Waals surface area contributed by atoms with E-state index in [1.165, 1.54) is 43.8 Å². The lowest BCUT2D eigenvalue weighted by molar-refractivity contribution is -0.120. The normalized spacial score (nSPS) is 15.7. The van der Waals surface area contributed by atoms with Gasteiger partial charge in [0.15, 0.2) is 17.3 Å². The Kier molecular flexibility index (Phi) is 19.9. The summed E-state index contributed by atoms with van der Waals surface area (Å²) >= 11 is 0. The molecular weight excluding hydrogens is 618 g/mol. The molecule has 0 fully saturated rings. The zero-order chi connectivity index (χ0) is 30.9. The van der Waals surface area contributed by atoms with Crippen LogP contribution >= 0.6 is 24.8 Å². The number of hydrogen-bond acceptors (Lipinski definition) is 7. The minimum absolute atomic E-state index is 0. The molecule has 7 nitrogen and oxygen atoms in total. The quantitative estimate of drug-likeness (QED) is 0.136. The fourth-order valence-electron chi connectivity index (χ4n) is 5.53. The molecule has 0 amide bonds. The van der Waals surface area contributed by atoms with E-state index in [9.17, 15) is 4.39 Å². The predicted octanol–water partition coefficient (Wildman–Crippen LogP) is 7.19. The fourth-order valence-corrected chi connectivity index (χ4v) is 5.53. The minimum Gasteiger partial charge on any atom is -0.497 e. The van der Waals surface area contributed by atoms with Crippen molar-refractivity contribution in [2.45, 2.75) is 63.6 Å². The second kappa shape index (κ2) is 22.1. The number of aryl methyl sites for hydroxylation is 1. The van der Waals surface area contributed by atoms with Gasteiger partial charge in [-0.3, -0.25) is 0 Å². The molecule has 2 N–H and O–H groups in total. The first-order valence-corrected chi connectivity index (χ1v) is 15.4. The molecule has 254 valence electrons. The molecule has 0 aliphatic heterocycles. The first kappa shape index (κ1) is 40.5. The molecule has 1 unspecified atom stereocenters. The predicted molar refractivity (Wildman–Crippen MR) is 186 cm³/mol. The average molecular weight is 672 g/mol. The molecule has 1 aliphatic rings. The standard InChI is InChI=1S/C35H51FN2O5.2ClH/c1-39-30-12-10-11-27(25-30)13-16-31-29(15-17-32(40-2)34(31)42-4)20-24-38-22-9-7-6-8-21-37-23-19-28-14-18-33(41-3)35(36,26-28)43-5;;/h10-12,14-15,17-18,25,37-38H,6-9,13,16,19-24,26H2,1-5H3;2*1H. The van der Waals surface area contributed by atoms with E-state index in [2.05, 4.69) is 28.8 Å². The van der Waals surface area contributed by atoms with Crippen LogP contribution in [-0.2, 0) is 28.7 Å². The number of halogens is 3. The number of allylic oxidation sites excluding steroid dienone is 2. The van der Waals surface area contributed by atoms with Gasteiger partial charge < -0.3 is 34.3 Å². The van der Waals surface area contributed by atoms with Crippen molar-refractivity contribution in [3.8, 4) is 17.2 Å². The monoisotopic (exact) mass is 670 g/mol. The Morgan fingerprint density at radius 1 is 0.711 bits per heavy atom. The Hall–Kier alpha value is -2.49. The topological polar surface area (TPSA) is 70.2 Å². The van der Waals surface area contributed by atoms with Crippen molar-refractivity contribution >= 4 is 24.8 Å². The largest absolute Gasteiger partial charge is 0.497 e. The lowest BCUT2D eigenvalue weighted by Crippen LogP contribution is -2.32. The highest BCUT2D eigenvalue weighted by Crippen LogP contribution is 2.36. The molecule has 2 aromatic rings. The zero-order valence-electron chi connectivity index (χ0n) is 27.5. The van der Waals surface area contributed by atoms with Crippen LogP contribution in [0.4, 0.5) is 4.39 Å². The summed E-state index contributed by atoms with van der Waals surface area (Å²) in [5.41, 5.74) is 4.76. The first-order valence-electron chi connectivity index (χ1n) is 15.4. The number of nitrogens with one attached hydrogen (secondary N) is 2. The van der Waals surface area contributed by atoms with Gasteiger partial charge in [-0.05, 0) is 100 Å². The van der Waals surface area contributed by atoms with Gasteiger partial charge in [-0.2, -0.15) is 0 Å². The van der Waals surface area contributed by atoms with Crippen molar-refractivity contribution in [3.63, 3.8) is 0 Å². The fraction of sp³-hybridized carbons (Fsp3) is 0.543. The highest BCUT2D eigenvalue weighted by atomic mass is 35.5. The number of ether oxygens (including phenoxy) is 5. The van der Waals surface area contributed by atoms with Gasteiger partial charge in [-0.25, -0.2) is 4.39 Å². The SMILES string of the molecule is COC1=CC=C(CCNCCCCCCNCCc2ccc(OC)c(OC)c2CCc2cccc(OC)c2)CC1(F)OC.Cl.Cl. The smallest absolute Gasteiger partial charge is 0.270 e. The molecule has 0 aromatic heterocycles. The van der Waals surface area contributed by atoms with E-state index in [0.29, 0.717) is 0 Å². The Labute approximate surface area is 282 Å². The maximum absolute atomic E-state index is 14.8. The number of alkyl halides is 1. The number of benzene rings is 2. The van der Waals surface area contributed by atoms with Crippen LogP contribution in [0.3, 0.4) is 0 Å². The van der Waals surface area contributed by atoms with Crippen LogP contribution in [0.1, 0.15) is 55.2 Å². The summed E-state index contributed by atoms with van der Waals surface area (Å²) in [6, 6.07) is 12.4. The second-order valence-corrected chi connectivity index (χ2v) is 10.9. The van der Waals surface area contributed by atoms with Gasteiger partial charge in [-0.1, -0.05) is 42.7 Å². The molecule has 10 heteroatoms. The van der Waals surface area contributed by atoms with E-state index in [4.69, 9.17) is 23.7 Å². The first-order chi connectivity index (χ1) is 21.0. The van der Waals surface area contributed by atoms with Gasteiger partial charge >= 0.3 is 0 Å². The molecule has 0 heterocycles. The van der Waals surface area contributed by atoms with E-state index in [0.717, 1.165) is 87.5 Å². The third-order valence-electron chi connectivity index (χ3n) is 8.03. The van der Waals surface area contributed by atoms with Crippen LogP contribution in [0.15, 0.2) is 59.9 Å². The third-order valence-corrected chi connectivity index (χ3v) is 8.03. The van der Waals surface area contributed by atoms with Gasteiger partial charge in [0.1, 0.15) is 5.75 Å². The summed E-state index contributed by atoms with van der Waals surface area (Å²) in [4.78, 5) is 0. The van der Waals surface area contributed by atoms with E-state index < -0.39 is 5.85 Å². The highest BCUT2D eigenvalue weighted by Gasteiger charge is 2.38. The molecule has 3 rings (SSSR count). The molecular formula is C35H53Cl2FN2O5. The van der Waals surface area contributed by atoms with E-state index in [-0.39, 0.29) is 37.0 Å². The number of methoxy groups -OCH3 is 5. The van der Waals surface area contributed by atoms with Crippen LogP contribution < -0.4 is 24.8 Å². The van der Waals surface area contributed by atoms with Crippen LogP contribution in [-0.4, -0.2) is 67.6 Å². The Bertz CT molecular complexity index is 1200. The number of unbranched alkanes of at least 4 members (excludes halogenated alkanes) is 3. The number of rotatable bonds is 21. The lowest BCUT2D eigenvalue weighted by atomic mass is 9.96. The van der Waals surface area contributed by atoms with Gasteiger partial charge in [0.2, 0.25) is 0 Å².